The summed E-state index contributed by atoms with van der Waals surface area (Å²) in [5, 5.41) is 16.1. The summed E-state index contributed by atoms with van der Waals surface area (Å²) in [6.07, 6.45) is 2.96. The average Bonchev–Trinajstić information content (AvgIpc) is 3.58. The minimum atomic E-state index is -3.36. The fraction of sp³-hybridized carbons (Fsp3) is 0.316. The second-order valence-electron chi connectivity index (χ2n) is 12.7. The molecule has 0 unspecified atom stereocenters. The molecule has 2 aliphatic rings. The van der Waals surface area contributed by atoms with Crippen molar-refractivity contribution < 1.29 is 37.1 Å². The predicted octanol–water partition coefficient (Wildman–Crippen LogP) is 5.29. The van der Waals surface area contributed by atoms with Gasteiger partial charge in [-0.2, -0.15) is 19.1 Å². The number of anilines is 2. The third-order valence-electron chi connectivity index (χ3n) is 9.13. The molecule has 1 fully saturated rings. The van der Waals surface area contributed by atoms with Crippen molar-refractivity contribution in [1.29, 1.82) is 5.26 Å². The highest BCUT2D eigenvalue weighted by molar-refractivity contribution is 6.13. The van der Waals surface area contributed by atoms with Crippen LogP contribution in [0.15, 0.2) is 72.9 Å². The van der Waals surface area contributed by atoms with E-state index in [0.717, 1.165) is 50.2 Å². The fourth-order valence-electron chi connectivity index (χ4n) is 6.16. The SMILES string of the molecule is CC(=O)N1CCC(C(=O)N(C)C)CC1.COc1ccc(C(=O)Nc2cnn3c2C(=O)N(c2ccc(C(F)(F)c4ccc(F)cc4)cc2)CC3)cc1C#N. The molecule has 0 radical (unpaired) electrons. The quantitative estimate of drug-likeness (QED) is 0.273. The van der Waals surface area contributed by atoms with Gasteiger partial charge >= 0.3 is 0 Å². The maximum Gasteiger partial charge on any atom is 0.298 e. The number of nitrogens with zero attached hydrogens (tertiary/aromatic N) is 6. The van der Waals surface area contributed by atoms with E-state index in [4.69, 9.17) is 4.74 Å². The first-order chi connectivity index (χ1) is 25.2. The summed E-state index contributed by atoms with van der Waals surface area (Å²) in [6.45, 7) is 3.57. The summed E-state index contributed by atoms with van der Waals surface area (Å²) >= 11 is 0. The van der Waals surface area contributed by atoms with E-state index in [1.54, 1.807) is 30.8 Å². The molecule has 0 saturated carbocycles. The molecule has 0 aliphatic carbocycles. The van der Waals surface area contributed by atoms with Crippen molar-refractivity contribution in [2.24, 2.45) is 5.92 Å². The number of rotatable bonds is 7. The van der Waals surface area contributed by atoms with Crippen molar-refractivity contribution in [3.05, 3.63) is 107 Å². The van der Waals surface area contributed by atoms with Crippen molar-refractivity contribution in [2.45, 2.75) is 32.2 Å². The van der Waals surface area contributed by atoms with Gasteiger partial charge in [0.15, 0.2) is 0 Å². The van der Waals surface area contributed by atoms with Crippen LogP contribution in [0, 0.1) is 23.1 Å². The minimum Gasteiger partial charge on any atom is -0.495 e. The number of fused-ring (bicyclic) bond motifs is 1. The van der Waals surface area contributed by atoms with E-state index in [1.807, 2.05) is 6.07 Å². The molecule has 3 aromatic carbocycles. The number of benzene rings is 3. The zero-order valence-corrected chi connectivity index (χ0v) is 29.6. The van der Waals surface area contributed by atoms with Gasteiger partial charge in [-0.1, -0.05) is 12.1 Å². The van der Waals surface area contributed by atoms with Crippen LogP contribution in [0.1, 0.15) is 57.3 Å². The van der Waals surface area contributed by atoms with Gasteiger partial charge in [-0.05, 0) is 67.4 Å². The van der Waals surface area contributed by atoms with Gasteiger partial charge in [0.05, 0.1) is 31.1 Å². The van der Waals surface area contributed by atoms with Crippen LogP contribution in [0.25, 0.3) is 0 Å². The first-order valence-electron chi connectivity index (χ1n) is 16.7. The summed E-state index contributed by atoms with van der Waals surface area (Å²) < 4.78 is 49.6. The van der Waals surface area contributed by atoms with Crippen LogP contribution in [0.5, 0.6) is 5.75 Å². The van der Waals surface area contributed by atoms with E-state index in [1.165, 1.54) is 65.4 Å². The third-order valence-corrected chi connectivity index (χ3v) is 9.13. The average molecular weight is 730 g/mol. The number of nitriles is 1. The Morgan fingerprint density at radius 3 is 2.15 bits per heavy atom. The van der Waals surface area contributed by atoms with Crippen LogP contribution in [0.4, 0.5) is 24.5 Å². The monoisotopic (exact) mass is 729 g/mol. The molecule has 1 aromatic heterocycles. The summed E-state index contributed by atoms with van der Waals surface area (Å²) in [4.78, 5) is 53.8. The van der Waals surface area contributed by atoms with E-state index in [0.29, 0.717) is 18.0 Å². The van der Waals surface area contributed by atoms with Crippen molar-refractivity contribution in [1.82, 2.24) is 19.6 Å². The maximum absolute atomic E-state index is 15.0. The first-order valence-corrected chi connectivity index (χ1v) is 16.7. The number of methoxy groups -OCH3 is 1. The summed E-state index contributed by atoms with van der Waals surface area (Å²) in [5.74, 6) is -4.26. The second-order valence-corrected chi connectivity index (χ2v) is 12.7. The predicted molar refractivity (Wildman–Crippen MR) is 189 cm³/mol. The topological polar surface area (TPSA) is 141 Å². The molecule has 276 valence electrons. The Bertz CT molecular complexity index is 2030. The van der Waals surface area contributed by atoms with E-state index in [2.05, 4.69) is 10.4 Å². The number of carbonyl (C=O) groups is 4. The lowest BCUT2D eigenvalue weighted by molar-refractivity contribution is -0.138. The van der Waals surface area contributed by atoms with Crippen LogP contribution in [-0.2, 0) is 22.1 Å². The Morgan fingerprint density at radius 1 is 0.962 bits per heavy atom. The fourth-order valence-corrected chi connectivity index (χ4v) is 6.16. The number of hydrogen-bond acceptors (Lipinski definition) is 7. The molecule has 1 N–H and O–H groups in total. The van der Waals surface area contributed by atoms with Crippen LogP contribution >= 0.6 is 0 Å². The summed E-state index contributed by atoms with van der Waals surface area (Å²) in [6, 6.07) is 15.6. The Balaban J connectivity index is 0.000000326. The lowest BCUT2D eigenvalue weighted by atomic mass is 9.95. The standard InChI is InChI=1S/C28H20F3N5O3.C10H18N2O2/c1-39-24-11-2-17(14-18(24)15-32)26(37)34-23-16-33-36-13-12-35(27(38)25(23)36)22-9-5-20(6-10-22)28(30,31)19-3-7-21(29)8-4-19;1-8(13)12-6-4-9(5-7-12)10(14)11(2)3/h2-11,14,16H,12-13H2,1H3,(H,34,37);9H,4-7H2,1-3H3. The minimum absolute atomic E-state index is 0.112. The van der Waals surface area contributed by atoms with Crippen molar-refractivity contribution in [2.75, 3.05) is 51.1 Å². The van der Waals surface area contributed by atoms with Crippen LogP contribution < -0.4 is 15.0 Å². The number of nitrogens with one attached hydrogen (secondary N) is 1. The van der Waals surface area contributed by atoms with Gasteiger partial charge in [-0.3, -0.25) is 23.9 Å². The molecule has 3 heterocycles. The number of halogens is 3. The third kappa shape index (κ3) is 8.33. The molecule has 2 aliphatic heterocycles. The molecule has 0 bridgehead atoms. The van der Waals surface area contributed by atoms with Gasteiger partial charge in [-0.15, -0.1) is 0 Å². The summed E-state index contributed by atoms with van der Waals surface area (Å²) in [7, 11) is 4.97. The molecule has 6 rings (SSSR count). The second kappa shape index (κ2) is 16.0. The Kier molecular flexibility index (Phi) is 11.5. The number of likely N-dealkylation sites (tertiary alicyclic amines) is 1. The van der Waals surface area contributed by atoms with E-state index < -0.39 is 23.6 Å². The van der Waals surface area contributed by atoms with E-state index in [9.17, 15) is 37.6 Å². The van der Waals surface area contributed by atoms with Crippen molar-refractivity contribution in [3.8, 4) is 11.8 Å². The number of amides is 4. The Morgan fingerprint density at radius 2 is 1.58 bits per heavy atom. The molecular formula is C38H38F3N7O5. The molecule has 53 heavy (non-hydrogen) atoms. The molecule has 0 spiro atoms. The van der Waals surface area contributed by atoms with Crippen LogP contribution in [0.3, 0.4) is 0 Å². The van der Waals surface area contributed by atoms with Crippen molar-refractivity contribution >= 4 is 35.0 Å². The first kappa shape index (κ1) is 38.1. The van der Waals surface area contributed by atoms with Crippen LogP contribution in [0.2, 0.25) is 0 Å². The number of hydrogen-bond donors (Lipinski definition) is 1. The molecule has 15 heteroatoms. The largest absolute Gasteiger partial charge is 0.495 e. The van der Waals surface area contributed by atoms with Gasteiger partial charge in [-0.25, -0.2) is 4.39 Å². The highest BCUT2D eigenvalue weighted by Crippen LogP contribution is 2.37. The van der Waals surface area contributed by atoms with Gasteiger partial charge in [0.1, 0.15) is 23.3 Å². The number of ether oxygens (including phenoxy) is 1. The number of piperidine rings is 1. The Labute approximate surface area is 304 Å². The number of aromatic nitrogens is 2. The van der Waals surface area contributed by atoms with Crippen molar-refractivity contribution in [3.63, 3.8) is 0 Å². The molecule has 4 amide bonds. The lowest BCUT2D eigenvalue weighted by Crippen LogP contribution is -2.41. The van der Waals surface area contributed by atoms with Gasteiger partial charge in [0.2, 0.25) is 11.8 Å². The highest BCUT2D eigenvalue weighted by atomic mass is 19.3. The zero-order valence-electron chi connectivity index (χ0n) is 29.6. The molecule has 1 saturated heterocycles. The normalized spacial score (nSPS) is 14.3. The van der Waals surface area contributed by atoms with Gasteiger partial charge in [0.25, 0.3) is 17.7 Å². The molecule has 12 nitrogen and oxygen atoms in total. The molecule has 0 atom stereocenters. The molecular weight excluding hydrogens is 691 g/mol. The zero-order chi connectivity index (χ0) is 38.4. The highest BCUT2D eigenvalue weighted by Gasteiger charge is 2.35. The summed E-state index contributed by atoms with van der Waals surface area (Å²) in [5.41, 5.74) is 0.387. The van der Waals surface area contributed by atoms with Gasteiger partial charge < -0.3 is 24.8 Å². The molecule has 4 aromatic rings. The number of carbonyl (C=O) groups excluding carboxylic acids is 4. The van der Waals surface area contributed by atoms with Gasteiger partial charge in [0, 0.05) is 68.9 Å². The smallest absolute Gasteiger partial charge is 0.298 e. The number of alkyl halides is 2. The maximum atomic E-state index is 15.0. The lowest BCUT2D eigenvalue weighted by Gasteiger charge is -2.31. The van der Waals surface area contributed by atoms with E-state index >= 15 is 0 Å². The Hall–Kier alpha value is -6.17. The van der Waals surface area contributed by atoms with E-state index in [-0.39, 0.29) is 57.9 Å². The van der Waals surface area contributed by atoms with Crippen LogP contribution in [-0.4, -0.2) is 84.0 Å².